The van der Waals surface area contributed by atoms with Crippen molar-refractivity contribution in [3.8, 4) is 11.6 Å². The first-order valence-electron chi connectivity index (χ1n) is 10.6. The Bertz CT molecular complexity index is 1450. The van der Waals surface area contributed by atoms with Crippen LogP contribution in [0.3, 0.4) is 0 Å². The second-order valence-electron chi connectivity index (χ2n) is 7.70. The summed E-state index contributed by atoms with van der Waals surface area (Å²) in [5, 5.41) is 12.8. The minimum absolute atomic E-state index is 0.113. The summed E-state index contributed by atoms with van der Waals surface area (Å²) in [5.41, 5.74) is 4.93. The number of nitrogens with zero attached hydrogens (tertiary/aromatic N) is 8. The van der Waals surface area contributed by atoms with E-state index in [1.807, 2.05) is 28.8 Å². The highest BCUT2D eigenvalue weighted by Crippen LogP contribution is 2.34. The molecule has 0 bridgehead atoms. The number of hydrogen-bond donors (Lipinski definition) is 1. The van der Waals surface area contributed by atoms with Crippen LogP contribution in [0.15, 0.2) is 53.6 Å². The van der Waals surface area contributed by atoms with Crippen LogP contribution in [0.4, 0.5) is 0 Å². The van der Waals surface area contributed by atoms with Gasteiger partial charge in [-0.15, -0.1) is 10.2 Å². The molecule has 164 valence electrons. The number of carbonyl (C=O) groups is 1. The van der Waals surface area contributed by atoms with Crippen molar-refractivity contribution in [3.05, 3.63) is 77.8 Å². The maximum Gasteiger partial charge on any atom is 0.312 e. The summed E-state index contributed by atoms with van der Waals surface area (Å²) in [6, 6.07) is 7.56. The Morgan fingerprint density at radius 1 is 1.24 bits per heavy atom. The second-order valence-corrected chi connectivity index (χ2v) is 7.70. The quantitative estimate of drug-likeness (QED) is 0.449. The molecule has 1 aliphatic rings. The monoisotopic (exact) mass is 441 g/mol. The van der Waals surface area contributed by atoms with Gasteiger partial charge in [-0.25, -0.2) is 14.5 Å². The molecule has 0 aromatic carbocycles. The normalized spacial score (nSPS) is 15.7. The fourth-order valence-corrected chi connectivity index (χ4v) is 4.23. The van der Waals surface area contributed by atoms with Gasteiger partial charge >= 0.3 is 11.8 Å². The van der Waals surface area contributed by atoms with Gasteiger partial charge in [-0.1, -0.05) is 13.0 Å². The molecule has 6 heterocycles. The minimum atomic E-state index is -0.482. The van der Waals surface area contributed by atoms with Gasteiger partial charge in [0, 0.05) is 36.7 Å². The van der Waals surface area contributed by atoms with E-state index in [2.05, 4.69) is 37.1 Å². The van der Waals surface area contributed by atoms with Crippen LogP contribution >= 0.6 is 0 Å². The Morgan fingerprint density at radius 3 is 3.03 bits per heavy atom. The standard InChI is InChI=1S/C22H19N9O2/c1-2-13-4-3-5-14-10-16(29-31(13)14)19-18-15(25-12-26-18)6-9-30(19)22(32)21-28-27-20(33-21)17-11-23-7-8-24-17/h3-5,7-8,10-12,19H,2,6,9H2,1H3,(H,25,26)/t19-/m0/s1. The lowest BCUT2D eigenvalue weighted by Crippen LogP contribution is -2.41. The Labute approximate surface area is 187 Å². The lowest BCUT2D eigenvalue weighted by Gasteiger charge is -2.32. The average Bonchev–Trinajstić information content (AvgIpc) is 3.62. The van der Waals surface area contributed by atoms with Gasteiger partial charge in [0.1, 0.15) is 11.7 Å². The van der Waals surface area contributed by atoms with Gasteiger partial charge in [-0.05, 0) is 24.6 Å². The molecule has 5 aromatic heterocycles. The summed E-state index contributed by atoms with van der Waals surface area (Å²) in [7, 11) is 0. The number of hydrogen-bond acceptors (Lipinski definition) is 8. The zero-order chi connectivity index (χ0) is 22.4. The molecule has 0 unspecified atom stereocenters. The van der Waals surface area contributed by atoms with Crippen LogP contribution in [0.5, 0.6) is 0 Å². The van der Waals surface area contributed by atoms with E-state index < -0.39 is 6.04 Å². The molecule has 0 aliphatic carbocycles. The first-order chi connectivity index (χ1) is 16.2. The van der Waals surface area contributed by atoms with Crippen LogP contribution in [0, 0.1) is 0 Å². The molecule has 6 rings (SSSR count). The summed E-state index contributed by atoms with van der Waals surface area (Å²) < 4.78 is 7.58. The van der Waals surface area contributed by atoms with Crippen molar-refractivity contribution in [1.29, 1.82) is 0 Å². The summed E-state index contributed by atoms with van der Waals surface area (Å²) >= 11 is 0. The molecule has 33 heavy (non-hydrogen) atoms. The van der Waals surface area contributed by atoms with Gasteiger partial charge in [0.05, 0.1) is 29.4 Å². The number of aryl methyl sites for hydroxylation is 1. The van der Waals surface area contributed by atoms with Crippen LogP contribution < -0.4 is 0 Å². The van der Waals surface area contributed by atoms with E-state index in [4.69, 9.17) is 9.52 Å². The second kappa shape index (κ2) is 7.62. The Morgan fingerprint density at radius 2 is 2.18 bits per heavy atom. The van der Waals surface area contributed by atoms with E-state index >= 15 is 0 Å². The lowest BCUT2D eigenvalue weighted by atomic mass is 9.99. The molecule has 0 fully saturated rings. The molecule has 0 saturated carbocycles. The number of H-pyrrole nitrogens is 1. The van der Waals surface area contributed by atoms with Crippen molar-refractivity contribution in [3.63, 3.8) is 0 Å². The van der Waals surface area contributed by atoms with Crippen molar-refractivity contribution in [1.82, 2.24) is 44.6 Å². The lowest BCUT2D eigenvalue weighted by molar-refractivity contribution is 0.0646. The third kappa shape index (κ3) is 3.16. The van der Waals surface area contributed by atoms with Gasteiger partial charge in [-0.3, -0.25) is 9.78 Å². The van der Waals surface area contributed by atoms with E-state index in [0.29, 0.717) is 18.7 Å². The predicted octanol–water partition coefficient (Wildman–Crippen LogP) is 2.25. The number of pyridine rings is 1. The first-order valence-corrected chi connectivity index (χ1v) is 10.6. The summed E-state index contributed by atoms with van der Waals surface area (Å²) in [4.78, 5) is 31.1. The third-order valence-electron chi connectivity index (χ3n) is 5.80. The van der Waals surface area contributed by atoms with Gasteiger partial charge in [-0.2, -0.15) is 5.10 Å². The van der Waals surface area contributed by atoms with Crippen molar-refractivity contribution in [2.24, 2.45) is 0 Å². The molecule has 11 heteroatoms. The summed E-state index contributed by atoms with van der Waals surface area (Å²) in [6.45, 7) is 2.54. The van der Waals surface area contributed by atoms with E-state index in [-0.39, 0.29) is 17.7 Å². The number of amides is 1. The molecule has 1 amide bonds. The van der Waals surface area contributed by atoms with Gasteiger partial charge in [0.15, 0.2) is 0 Å². The van der Waals surface area contributed by atoms with Gasteiger partial charge in [0.25, 0.3) is 5.89 Å². The zero-order valence-corrected chi connectivity index (χ0v) is 17.7. The summed E-state index contributed by atoms with van der Waals surface area (Å²) in [6.07, 6.45) is 7.70. The predicted molar refractivity (Wildman–Crippen MR) is 115 cm³/mol. The van der Waals surface area contributed by atoms with Crippen LogP contribution in [0.2, 0.25) is 0 Å². The van der Waals surface area contributed by atoms with Crippen molar-refractivity contribution >= 4 is 11.4 Å². The minimum Gasteiger partial charge on any atom is -0.411 e. The number of carbonyl (C=O) groups excluding carboxylic acids is 1. The van der Waals surface area contributed by atoms with Crippen molar-refractivity contribution < 1.29 is 9.21 Å². The van der Waals surface area contributed by atoms with E-state index in [1.54, 1.807) is 17.4 Å². The molecule has 5 aromatic rings. The number of aromatic nitrogens is 8. The number of imidazole rings is 1. The number of aromatic amines is 1. The SMILES string of the molecule is CCc1cccc2cc([C@H]3c4nc[nH]c4CCN3C(=O)c3nnc(-c4cnccn4)o3)nn12. The van der Waals surface area contributed by atoms with Crippen molar-refractivity contribution in [2.75, 3.05) is 6.54 Å². The van der Waals surface area contributed by atoms with E-state index in [9.17, 15) is 4.79 Å². The fraction of sp³-hybridized carbons (Fsp3) is 0.227. The smallest absolute Gasteiger partial charge is 0.312 e. The average molecular weight is 441 g/mol. The van der Waals surface area contributed by atoms with Gasteiger partial charge in [0.2, 0.25) is 0 Å². The Balaban J connectivity index is 1.41. The van der Waals surface area contributed by atoms with Crippen LogP contribution in [0.25, 0.3) is 17.1 Å². The molecule has 11 nitrogen and oxygen atoms in total. The largest absolute Gasteiger partial charge is 0.411 e. The van der Waals surface area contributed by atoms with Gasteiger partial charge < -0.3 is 14.3 Å². The number of fused-ring (bicyclic) bond motifs is 2. The van der Waals surface area contributed by atoms with Crippen LogP contribution in [0.1, 0.15) is 46.4 Å². The zero-order valence-electron chi connectivity index (χ0n) is 17.7. The van der Waals surface area contributed by atoms with E-state index in [0.717, 1.165) is 34.7 Å². The molecule has 1 N–H and O–H groups in total. The fourth-order valence-electron chi connectivity index (χ4n) is 4.23. The molecule has 1 atom stereocenters. The topological polar surface area (TPSA) is 131 Å². The molecule has 1 aliphatic heterocycles. The highest BCUT2D eigenvalue weighted by atomic mass is 16.4. The number of rotatable bonds is 4. The van der Waals surface area contributed by atoms with Crippen LogP contribution in [-0.2, 0) is 12.8 Å². The Kier molecular flexibility index (Phi) is 4.45. The highest BCUT2D eigenvalue weighted by molar-refractivity contribution is 5.90. The molecule has 0 saturated heterocycles. The maximum atomic E-state index is 13.5. The molecular weight excluding hydrogens is 422 g/mol. The molecule has 0 radical (unpaired) electrons. The number of nitrogens with one attached hydrogen (secondary N) is 1. The molecule has 0 spiro atoms. The molecular formula is C22H19N9O2. The summed E-state index contributed by atoms with van der Waals surface area (Å²) in [5.74, 6) is -0.359. The van der Waals surface area contributed by atoms with Crippen molar-refractivity contribution in [2.45, 2.75) is 25.8 Å². The Hall–Kier alpha value is -4.41. The highest BCUT2D eigenvalue weighted by Gasteiger charge is 2.38. The van der Waals surface area contributed by atoms with Crippen LogP contribution in [-0.4, -0.2) is 57.1 Å². The third-order valence-corrected chi connectivity index (χ3v) is 5.80. The van der Waals surface area contributed by atoms with E-state index in [1.165, 1.54) is 12.4 Å². The maximum absolute atomic E-state index is 13.5. The first kappa shape index (κ1) is 19.3.